The Kier molecular flexibility index (Phi) is 7.33. The summed E-state index contributed by atoms with van der Waals surface area (Å²) >= 11 is 0. The van der Waals surface area contributed by atoms with E-state index in [1.54, 1.807) is 7.11 Å². The van der Waals surface area contributed by atoms with Crippen LogP contribution in [0.1, 0.15) is 71.8 Å². The minimum absolute atomic E-state index is 0.0198. The number of hydrogen-bond acceptors (Lipinski definition) is 7. The van der Waals surface area contributed by atoms with Crippen molar-refractivity contribution in [2.24, 2.45) is 11.3 Å². The van der Waals surface area contributed by atoms with Gasteiger partial charge in [0, 0.05) is 54.4 Å². The number of aryl methyl sites for hydroxylation is 1. The zero-order valence-electron chi connectivity index (χ0n) is 25.0. The topological polar surface area (TPSA) is 97.9 Å². The largest absolute Gasteiger partial charge is 0.490 e. The first-order chi connectivity index (χ1) is 20.9. The fourth-order valence-corrected chi connectivity index (χ4v) is 7.32. The molecule has 2 aromatic heterocycles. The molecule has 2 aromatic carbocycles. The minimum atomic E-state index is -1.07. The van der Waals surface area contributed by atoms with Gasteiger partial charge in [-0.05, 0) is 87.0 Å². The van der Waals surface area contributed by atoms with Gasteiger partial charge in [-0.2, -0.15) is 0 Å². The van der Waals surface area contributed by atoms with Gasteiger partial charge in [0.25, 0.3) is 0 Å². The molecule has 2 aliphatic carbocycles. The van der Waals surface area contributed by atoms with E-state index < -0.39 is 5.97 Å². The summed E-state index contributed by atoms with van der Waals surface area (Å²) < 4.78 is 17.0. The number of carbonyl (C=O) groups is 1. The normalized spacial score (nSPS) is 18.2. The number of hydrogen-bond donors (Lipinski definition) is 1. The monoisotopic (exact) mass is 581 g/mol. The van der Waals surface area contributed by atoms with E-state index >= 15 is 0 Å². The quantitative estimate of drug-likeness (QED) is 0.199. The maximum atomic E-state index is 11.6. The van der Waals surface area contributed by atoms with Crippen molar-refractivity contribution in [3.05, 3.63) is 71.1 Å². The van der Waals surface area contributed by atoms with Crippen molar-refractivity contribution < 1.29 is 23.9 Å². The van der Waals surface area contributed by atoms with Gasteiger partial charge in [-0.1, -0.05) is 29.4 Å². The van der Waals surface area contributed by atoms with Gasteiger partial charge in [-0.3, -0.25) is 0 Å². The van der Waals surface area contributed by atoms with Crippen molar-refractivity contribution in [2.75, 3.05) is 38.3 Å². The summed E-state index contributed by atoms with van der Waals surface area (Å²) in [7, 11) is 1.62. The summed E-state index contributed by atoms with van der Waals surface area (Å²) in [6.45, 7) is 4.94. The molecular formula is C35H39N3O5. The number of carboxylic acids is 1. The van der Waals surface area contributed by atoms with E-state index in [0.717, 1.165) is 42.0 Å². The molecule has 7 rings (SSSR count). The Morgan fingerprint density at radius 3 is 2.60 bits per heavy atom. The second-order valence-corrected chi connectivity index (χ2v) is 12.8. The number of anilines is 1. The minimum Gasteiger partial charge on any atom is -0.490 e. The van der Waals surface area contributed by atoms with Gasteiger partial charge in [0.15, 0.2) is 5.69 Å². The highest BCUT2D eigenvalue weighted by Crippen LogP contribution is 2.55. The number of ether oxygens (including phenoxy) is 2. The number of piperidine rings is 1. The molecule has 0 radical (unpaired) electrons. The number of rotatable bonds is 10. The Morgan fingerprint density at radius 2 is 1.88 bits per heavy atom. The highest BCUT2D eigenvalue weighted by molar-refractivity contribution is 5.94. The van der Waals surface area contributed by atoms with E-state index in [9.17, 15) is 9.90 Å². The third-order valence-corrected chi connectivity index (χ3v) is 9.81. The number of benzene rings is 2. The van der Waals surface area contributed by atoms with Crippen LogP contribution in [0.4, 0.5) is 5.69 Å². The molecule has 8 heteroatoms. The van der Waals surface area contributed by atoms with Crippen molar-refractivity contribution in [1.82, 2.24) is 10.1 Å². The van der Waals surface area contributed by atoms with Crippen LogP contribution >= 0.6 is 0 Å². The van der Waals surface area contributed by atoms with Gasteiger partial charge in [-0.25, -0.2) is 9.78 Å². The molecule has 8 nitrogen and oxygen atoms in total. The van der Waals surface area contributed by atoms with Crippen LogP contribution in [0.5, 0.6) is 5.75 Å². The first-order valence-corrected chi connectivity index (χ1v) is 15.5. The molecule has 1 saturated heterocycles. The molecule has 0 bridgehead atoms. The maximum Gasteiger partial charge on any atom is 0.354 e. The molecule has 3 fully saturated rings. The molecular weight excluding hydrogens is 542 g/mol. The number of carboxylic acid groups (broad SMARTS) is 1. The summed E-state index contributed by atoms with van der Waals surface area (Å²) in [6.07, 6.45) is 8.38. The van der Waals surface area contributed by atoms with Crippen molar-refractivity contribution in [3.63, 3.8) is 0 Å². The second kappa shape index (κ2) is 11.3. The summed E-state index contributed by atoms with van der Waals surface area (Å²) in [5, 5.41) is 15.0. The number of nitrogens with zero attached hydrogens (tertiary/aromatic N) is 3. The summed E-state index contributed by atoms with van der Waals surface area (Å²) in [5.74, 6) is 1.83. The molecule has 0 atom stereocenters. The lowest BCUT2D eigenvalue weighted by Gasteiger charge is -2.53. The van der Waals surface area contributed by atoms with Crippen molar-refractivity contribution in [3.8, 4) is 17.0 Å². The Bertz CT molecular complexity index is 1640. The van der Waals surface area contributed by atoms with Crippen molar-refractivity contribution in [2.45, 2.75) is 57.8 Å². The molecule has 4 aromatic rings. The van der Waals surface area contributed by atoms with Gasteiger partial charge < -0.3 is 24.0 Å². The highest BCUT2D eigenvalue weighted by Gasteiger charge is 2.46. The fourth-order valence-electron chi connectivity index (χ4n) is 7.32. The second-order valence-electron chi connectivity index (χ2n) is 12.8. The van der Waals surface area contributed by atoms with E-state index in [1.807, 2.05) is 6.07 Å². The standard InChI is InChI=1S/C35H39N3O5/c1-22-5-3-4-6-26(22)32-28(33(43-37-32)24-7-8-24)17-23-20-35(21-23)11-13-38(14-12-35)25-9-10-29-27(18-25)31(42-16-15-41-2)19-30(36-29)34(39)40/h3-6,9-10,18-19,23-24H,7-8,11-17,20-21H2,1-2H3,(H,39,40). The zero-order chi connectivity index (χ0) is 29.6. The Hall–Kier alpha value is -3.91. The van der Waals surface area contributed by atoms with E-state index in [0.29, 0.717) is 41.7 Å². The summed E-state index contributed by atoms with van der Waals surface area (Å²) in [4.78, 5) is 18.4. The summed E-state index contributed by atoms with van der Waals surface area (Å²) in [6, 6.07) is 16.1. The van der Waals surface area contributed by atoms with Crippen LogP contribution in [0.25, 0.3) is 22.2 Å². The molecule has 1 aliphatic heterocycles. The first kappa shape index (κ1) is 27.9. The van der Waals surface area contributed by atoms with E-state index in [2.05, 4.69) is 58.4 Å². The number of fused-ring (bicyclic) bond motifs is 1. The van der Waals surface area contributed by atoms with Crippen LogP contribution in [-0.2, 0) is 11.2 Å². The Labute approximate surface area is 252 Å². The average molecular weight is 582 g/mol. The average Bonchev–Trinajstić information content (AvgIpc) is 3.76. The van der Waals surface area contributed by atoms with Gasteiger partial charge in [0.1, 0.15) is 23.8 Å². The van der Waals surface area contributed by atoms with Crippen LogP contribution in [0.3, 0.4) is 0 Å². The number of aromatic nitrogens is 2. The molecule has 3 heterocycles. The number of aromatic carboxylic acids is 1. The molecule has 2 saturated carbocycles. The lowest BCUT2D eigenvalue weighted by atomic mass is 9.56. The fraction of sp³-hybridized carbons (Fsp3) is 0.457. The van der Waals surface area contributed by atoms with Crippen LogP contribution in [0, 0.1) is 18.3 Å². The van der Waals surface area contributed by atoms with Gasteiger partial charge in [0.2, 0.25) is 0 Å². The van der Waals surface area contributed by atoms with Gasteiger partial charge in [0.05, 0.1) is 12.1 Å². The molecule has 0 amide bonds. The number of pyridine rings is 1. The number of methoxy groups -OCH3 is 1. The Balaban J connectivity index is 1.03. The SMILES string of the molecule is COCCOc1cc(C(=O)O)nc2ccc(N3CCC4(CC3)CC(Cc3c(-c5ccccc5C)noc3C3CC3)C4)cc12. The van der Waals surface area contributed by atoms with Crippen LogP contribution < -0.4 is 9.64 Å². The molecule has 43 heavy (non-hydrogen) atoms. The predicted octanol–water partition coefficient (Wildman–Crippen LogP) is 7.04. The van der Waals surface area contributed by atoms with Crippen molar-refractivity contribution >= 4 is 22.6 Å². The lowest BCUT2D eigenvalue weighted by molar-refractivity contribution is 0.0282. The van der Waals surface area contributed by atoms with Crippen LogP contribution in [0.2, 0.25) is 0 Å². The lowest BCUT2D eigenvalue weighted by Crippen LogP contribution is -2.47. The third-order valence-electron chi connectivity index (χ3n) is 9.81. The smallest absolute Gasteiger partial charge is 0.354 e. The molecule has 3 aliphatic rings. The van der Waals surface area contributed by atoms with Crippen LogP contribution in [-0.4, -0.2) is 54.6 Å². The summed E-state index contributed by atoms with van der Waals surface area (Å²) in [5.41, 5.74) is 7.01. The highest BCUT2D eigenvalue weighted by atomic mass is 16.5. The maximum absolute atomic E-state index is 11.6. The zero-order valence-corrected chi connectivity index (χ0v) is 25.0. The van der Waals surface area contributed by atoms with Crippen molar-refractivity contribution in [1.29, 1.82) is 0 Å². The molecule has 0 unspecified atom stereocenters. The van der Waals surface area contributed by atoms with E-state index in [4.69, 9.17) is 14.0 Å². The molecule has 224 valence electrons. The third kappa shape index (κ3) is 5.49. The first-order valence-electron chi connectivity index (χ1n) is 15.5. The van der Waals surface area contributed by atoms with Gasteiger partial charge >= 0.3 is 5.97 Å². The molecule has 1 spiro atoms. The predicted molar refractivity (Wildman–Crippen MR) is 165 cm³/mol. The molecule has 1 N–H and O–H groups in total. The van der Waals surface area contributed by atoms with Crippen LogP contribution in [0.15, 0.2) is 53.1 Å². The van der Waals surface area contributed by atoms with Gasteiger partial charge in [-0.15, -0.1) is 0 Å². The Morgan fingerprint density at radius 1 is 1.09 bits per heavy atom. The van der Waals surface area contributed by atoms with E-state index in [-0.39, 0.29) is 5.69 Å². The van der Waals surface area contributed by atoms with E-state index in [1.165, 1.54) is 61.3 Å².